The van der Waals surface area contributed by atoms with Gasteiger partial charge >= 0.3 is 12.0 Å². The number of carbonyl (C=O) groups excluding carboxylic acids is 2. The Balaban J connectivity index is 1.55. The van der Waals surface area contributed by atoms with Gasteiger partial charge in [0.1, 0.15) is 0 Å². The average Bonchev–Trinajstić information content (AvgIpc) is 3.34. The summed E-state index contributed by atoms with van der Waals surface area (Å²) in [5, 5.41) is 9.87. The Hall–Kier alpha value is -3.53. The average molecular weight is 487 g/mol. The Bertz CT molecular complexity index is 1030. The molecule has 9 nitrogen and oxygen atoms in total. The molecule has 10 heteroatoms. The molecule has 1 heterocycles. The molecule has 182 valence electrons. The van der Waals surface area contributed by atoms with Crippen molar-refractivity contribution in [3.05, 3.63) is 53.6 Å². The summed E-state index contributed by atoms with van der Waals surface area (Å²) < 4.78 is 15.6. The van der Waals surface area contributed by atoms with Crippen molar-refractivity contribution in [1.82, 2.24) is 15.3 Å². The zero-order valence-corrected chi connectivity index (χ0v) is 20.4. The normalized spacial score (nSPS) is 12.8. The molecule has 0 radical (unpaired) electrons. The molecule has 0 saturated carbocycles. The molecule has 2 aromatic rings. The summed E-state index contributed by atoms with van der Waals surface area (Å²) in [4.78, 5) is 24.9. The van der Waals surface area contributed by atoms with Gasteiger partial charge in [-0.2, -0.15) is 0 Å². The number of hydrogen-bond acceptors (Lipinski definition) is 6. The molecular weight excluding hydrogens is 456 g/mol. The molecule has 0 unspecified atom stereocenters. The molecule has 2 N–H and O–H groups in total. The van der Waals surface area contributed by atoms with Gasteiger partial charge in [-0.1, -0.05) is 12.1 Å². The number of carbonyl (C=O) groups is 2. The van der Waals surface area contributed by atoms with Gasteiger partial charge in [-0.25, -0.2) is 14.6 Å². The fraction of sp³-hybridized carbons (Fsp3) is 0.375. The molecule has 1 saturated heterocycles. The van der Waals surface area contributed by atoms with Crippen molar-refractivity contribution in [2.45, 2.75) is 19.8 Å². The zero-order chi connectivity index (χ0) is 24.5. The van der Waals surface area contributed by atoms with Crippen LogP contribution in [0.3, 0.4) is 0 Å². The van der Waals surface area contributed by atoms with Crippen LogP contribution >= 0.6 is 12.2 Å². The third-order valence-electron chi connectivity index (χ3n) is 5.26. The summed E-state index contributed by atoms with van der Waals surface area (Å²) in [6.45, 7) is 3.81. The first-order chi connectivity index (χ1) is 16.5. The fourth-order valence-electron chi connectivity index (χ4n) is 3.60. The number of rotatable bonds is 8. The quantitative estimate of drug-likeness (QED) is 0.433. The lowest BCUT2D eigenvalue weighted by molar-refractivity contribution is 0.0526. The van der Waals surface area contributed by atoms with E-state index in [4.69, 9.17) is 26.4 Å². The monoisotopic (exact) mass is 486 g/mol. The number of benzene rings is 2. The molecule has 34 heavy (non-hydrogen) atoms. The second kappa shape index (κ2) is 12.1. The van der Waals surface area contributed by atoms with Crippen LogP contribution in [-0.2, 0) is 11.2 Å². The van der Waals surface area contributed by atoms with Crippen LogP contribution in [0.4, 0.5) is 10.5 Å². The van der Waals surface area contributed by atoms with Gasteiger partial charge in [0.15, 0.2) is 16.6 Å². The number of esters is 1. The molecule has 0 spiro atoms. The number of nitrogens with one attached hydrogen (secondary N) is 2. The van der Waals surface area contributed by atoms with Crippen LogP contribution in [0.1, 0.15) is 29.3 Å². The molecule has 1 aliphatic heterocycles. The number of hydrogen-bond donors (Lipinski definition) is 2. The van der Waals surface area contributed by atoms with Crippen LogP contribution in [0.25, 0.3) is 0 Å². The lowest BCUT2D eigenvalue weighted by atomic mass is 10.1. The second-order valence-corrected chi connectivity index (χ2v) is 7.89. The Morgan fingerprint density at radius 3 is 2.53 bits per heavy atom. The third kappa shape index (κ3) is 6.28. The van der Waals surface area contributed by atoms with Crippen LogP contribution in [0, 0.1) is 0 Å². The molecule has 1 aliphatic rings. The highest BCUT2D eigenvalue weighted by molar-refractivity contribution is 7.80. The van der Waals surface area contributed by atoms with E-state index in [1.54, 1.807) is 55.4 Å². The van der Waals surface area contributed by atoms with Crippen molar-refractivity contribution in [1.29, 1.82) is 0 Å². The number of thiocarbonyl (C=S) groups is 1. The SMILES string of the molecule is CCOC(=O)c1cccc(NC(=O)N2CCCN2C(=S)NCCc2ccc(OC)c(OC)c2)c1. The fourth-order valence-corrected chi connectivity index (χ4v) is 3.89. The Labute approximate surface area is 204 Å². The standard InChI is InChI=1S/C24H30N4O5S/c1-4-33-22(29)18-7-5-8-19(16-18)26-23(30)27-13-6-14-28(27)24(34)25-12-11-17-9-10-20(31-2)21(15-17)32-3/h5,7-10,15-16H,4,6,11-14H2,1-3H3,(H,25,34)(H,26,30). The summed E-state index contributed by atoms with van der Waals surface area (Å²) in [7, 11) is 3.21. The minimum atomic E-state index is -0.429. The van der Waals surface area contributed by atoms with Crippen molar-refractivity contribution in [3.63, 3.8) is 0 Å². The highest BCUT2D eigenvalue weighted by atomic mass is 32.1. The van der Waals surface area contributed by atoms with Gasteiger partial charge in [-0.05, 0) is 67.9 Å². The largest absolute Gasteiger partial charge is 0.493 e. The van der Waals surface area contributed by atoms with Gasteiger partial charge in [0, 0.05) is 25.3 Å². The molecular formula is C24H30N4O5S. The Kier molecular flexibility index (Phi) is 8.92. The van der Waals surface area contributed by atoms with E-state index in [1.165, 1.54) is 0 Å². The maximum atomic E-state index is 12.9. The Morgan fingerprint density at radius 2 is 1.79 bits per heavy atom. The molecule has 0 bridgehead atoms. The van der Waals surface area contributed by atoms with Crippen molar-refractivity contribution in [2.75, 3.05) is 45.8 Å². The van der Waals surface area contributed by atoms with E-state index < -0.39 is 5.97 Å². The predicted molar refractivity (Wildman–Crippen MR) is 133 cm³/mol. The smallest absolute Gasteiger partial charge is 0.340 e. The number of ether oxygens (including phenoxy) is 3. The summed E-state index contributed by atoms with van der Waals surface area (Å²) in [6.07, 6.45) is 1.52. The van der Waals surface area contributed by atoms with Crippen molar-refractivity contribution in [2.24, 2.45) is 0 Å². The molecule has 2 aromatic carbocycles. The van der Waals surface area contributed by atoms with Crippen LogP contribution in [0.15, 0.2) is 42.5 Å². The number of urea groups is 1. The number of amides is 2. The highest BCUT2D eigenvalue weighted by Crippen LogP contribution is 2.27. The maximum absolute atomic E-state index is 12.9. The highest BCUT2D eigenvalue weighted by Gasteiger charge is 2.28. The number of nitrogens with zero attached hydrogens (tertiary/aromatic N) is 2. The Morgan fingerprint density at radius 1 is 1.03 bits per heavy atom. The van der Waals surface area contributed by atoms with E-state index in [0.717, 1.165) is 18.4 Å². The van der Waals surface area contributed by atoms with Gasteiger partial charge in [-0.3, -0.25) is 5.01 Å². The number of anilines is 1. The van der Waals surface area contributed by atoms with Crippen molar-refractivity contribution < 1.29 is 23.8 Å². The summed E-state index contributed by atoms with van der Waals surface area (Å²) in [5.41, 5.74) is 1.96. The lowest BCUT2D eigenvalue weighted by Gasteiger charge is -2.30. The number of hydrazine groups is 1. The van der Waals surface area contributed by atoms with Gasteiger partial charge in [-0.15, -0.1) is 0 Å². The third-order valence-corrected chi connectivity index (χ3v) is 5.62. The molecule has 2 amide bonds. The van der Waals surface area contributed by atoms with Crippen molar-refractivity contribution >= 4 is 35.0 Å². The second-order valence-electron chi connectivity index (χ2n) is 7.50. The minimum Gasteiger partial charge on any atom is -0.493 e. The van der Waals surface area contributed by atoms with Crippen LogP contribution in [0.2, 0.25) is 0 Å². The van der Waals surface area contributed by atoms with Crippen LogP contribution in [-0.4, -0.2) is 67.6 Å². The first-order valence-electron chi connectivity index (χ1n) is 11.1. The summed E-state index contributed by atoms with van der Waals surface area (Å²) in [5.74, 6) is 0.930. The van der Waals surface area contributed by atoms with E-state index in [1.807, 2.05) is 18.2 Å². The zero-order valence-electron chi connectivity index (χ0n) is 19.6. The van der Waals surface area contributed by atoms with E-state index >= 15 is 0 Å². The topological polar surface area (TPSA) is 92.4 Å². The molecule has 0 aromatic heterocycles. The van der Waals surface area contributed by atoms with Crippen LogP contribution in [0.5, 0.6) is 11.5 Å². The molecule has 0 atom stereocenters. The van der Waals surface area contributed by atoms with Gasteiger partial charge in [0.05, 0.1) is 26.4 Å². The van der Waals surface area contributed by atoms with E-state index in [2.05, 4.69) is 10.6 Å². The maximum Gasteiger partial charge on any atom is 0.340 e. The van der Waals surface area contributed by atoms with E-state index in [-0.39, 0.29) is 12.6 Å². The predicted octanol–water partition coefficient (Wildman–Crippen LogP) is 3.45. The first kappa shape index (κ1) is 25.1. The van der Waals surface area contributed by atoms with Crippen LogP contribution < -0.4 is 20.1 Å². The first-order valence-corrected chi connectivity index (χ1v) is 11.5. The molecule has 0 aliphatic carbocycles. The van der Waals surface area contributed by atoms with E-state index in [9.17, 15) is 9.59 Å². The molecule has 1 fully saturated rings. The minimum absolute atomic E-state index is 0.286. The summed E-state index contributed by atoms with van der Waals surface area (Å²) in [6, 6.07) is 12.1. The molecule has 3 rings (SSSR count). The summed E-state index contributed by atoms with van der Waals surface area (Å²) >= 11 is 5.55. The van der Waals surface area contributed by atoms with Gasteiger partial charge in [0.2, 0.25) is 0 Å². The van der Waals surface area contributed by atoms with Crippen molar-refractivity contribution in [3.8, 4) is 11.5 Å². The van der Waals surface area contributed by atoms with E-state index in [0.29, 0.717) is 47.5 Å². The van der Waals surface area contributed by atoms with Gasteiger partial charge < -0.3 is 24.8 Å². The number of methoxy groups -OCH3 is 2. The lowest BCUT2D eigenvalue weighted by Crippen LogP contribution is -2.50. The van der Waals surface area contributed by atoms with Gasteiger partial charge in [0.25, 0.3) is 0 Å².